The summed E-state index contributed by atoms with van der Waals surface area (Å²) in [5, 5.41) is 10.6. The van der Waals surface area contributed by atoms with Gasteiger partial charge in [-0.3, -0.25) is 37.3 Å². The summed E-state index contributed by atoms with van der Waals surface area (Å²) >= 11 is 0. The average molecular weight is 1410 g/mol. The lowest BCUT2D eigenvalue weighted by Crippen LogP contribution is -2.30. The van der Waals surface area contributed by atoms with Gasteiger partial charge in [-0.05, 0) is 43.4 Å². The molecule has 0 rings (SSSR count). The summed E-state index contributed by atoms with van der Waals surface area (Å²) in [6, 6.07) is 0. The summed E-state index contributed by atoms with van der Waals surface area (Å²) in [4.78, 5) is 72.8. The van der Waals surface area contributed by atoms with Gasteiger partial charge < -0.3 is 33.8 Å². The number of phosphoric acid groups is 2. The van der Waals surface area contributed by atoms with Crippen LogP contribution in [0.5, 0.6) is 0 Å². The molecule has 0 aromatic heterocycles. The van der Waals surface area contributed by atoms with Crippen LogP contribution >= 0.6 is 15.6 Å². The van der Waals surface area contributed by atoms with Gasteiger partial charge in [0.25, 0.3) is 0 Å². The van der Waals surface area contributed by atoms with Crippen LogP contribution in [0.25, 0.3) is 0 Å². The van der Waals surface area contributed by atoms with E-state index >= 15 is 0 Å². The third-order valence-corrected chi connectivity index (χ3v) is 19.8. The zero-order valence-electron chi connectivity index (χ0n) is 62.8. The topological polar surface area (TPSA) is 237 Å². The van der Waals surface area contributed by atoms with Gasteiger partial charge in [0, 0.05) is 25.7 Å². The second-order valence-corrected chi connectivity index (χ2v) is 32.1. The zero-order chi connectivity index (χ0) is 70.9. The number of ether oxygens (including phenoxy) is 4. The fourth-order valence-electron chi connectivity index (χ4n) is 11.8. The van der Waals surface area contributed by atoms with Crippen molar-refractivity contribution in [3.05, 3.63) is 0 Å². The van der Waals surface area contributed by atoms with Crippen LogP contribution in [-0.2, 0) is 65.4 Å². The van der Waals surface area contributed by atoms with Gasteiger partial charge in [-0.15, -0.1) is 0 Å². The number of rotatable bonds is 75. The molecule has 0 heterocycles. The molecule has 0 aliphatic heterocycles. The van der Waals surface area contributed by atoms with Gasteiger partial charge in [-0.1, -0.05) is 344 Å². The molecule has 0 aromatic rings. The summed E-state index contributed by atoms with van der Waals surface area (Å²) < 4.78 is 68.5. The molecule has 0 bridgehead atoms. The van der Waals surface area contributed by atoms with E-state index in [2.05, 4.69) is 48.5 Å². The summed E-state index contributed by atoms with van der Waals surface area (Å²) in [6.45, 7) is 11.9. The molecule has 17 nitrogen and oxygen atoms in total. The quantitative estimate of drug-likeness (QED) is 0.0222. The van der Waals surface area contributed by atoms with Gasteiger partial charge in [0.2, 0.25) is 0 Å². The molecule has 0 spiro atoms. The fourth-order valence-corrected chi connectivity index (χ4v) is 13.4. The van der Waals surface area contributed by atoms with E-state index in [4.69, 9.17) is 37.0 Å². The van der Waals surface area contributed by atoms with E-state index in [-0.39, 0.29) is 25.7 Å². The van der Waals surface area contributed by atoms with Crippen LogP contribution in [-0.4, -0.2) is 96.7 Å². The van der Waals surface area contributed by atoms with Crippen molar-refractivity contribution in [2.45, 2.75) is 414 Å². The molecule has 19 heteroatoms. The molecular formula is C77H150O17P2. The van der Waals surface area contributed by atoms with Crippen molar-refractivity contribution < 1.29 is 80.2 Å². The Bertz CT molecular complexity index is 1870. The van der Waals surface area contributed by atoms with Crippen LogP contribution in [0.15, 0.2) is 0 Å². The lowest BCUT2D eigenvalue weighted by atomic mass is 10.0. The Labute approximate surface area is 588 Å². The molecule has 0 aromatic carbocycles. The number of phosphoric ester groups is 2. The highest BCUT2D eigenvalue weighted by Crippen LogP contribution is 2.45. The maximum atomic E-state index is 13.1. The van der Waals surface area contributed by atoms with Crippen molar-refractivity contribution in [3.63, 3.8) is 0 Å². The number of hydrogen-bond donors (Lipinski definition) is 3. The molecule has 5 atom stereocenters. The molecule has 0 radical (unpaired) electrons. The maximum absolute atomic E-state index is 13.1. The van der Waals surface area contributed by atoms with Crippen LogP contribution in [0.3, 0.4) is 0 Å². The zero-order valence-corrected chi connectivity index (χ0v) is 64.6. The molecule has 2 unspecified atom stereocenters. The van der Waals surface area contributed by atoms with Crippen molar-refractivity contribution in [1.29, 1.82) is 0 Å². The second-order valence-electron chi connectivity index (χ2n) is 29.2. The van der Waals surface area contributed by atoms with Crippen LogP contribution in [0.4, 0.5) is 0 Å². The highest BCUT2D eigenvalue weighted by molar-refractivity contribution is 7.47. The number of aliphatic hydroxyl groups excluding tert-OH is 1. The summed E-state index contributed by atoms with van der Waals surface area (Å²) in [5.41, 5.74) is 0. The van der Waals surface area contributed by atoms with E-state index in [1.54, 1.807) is 0 Å². The fraction of sp³-hybridized carbons (Fsp3) is 0.948. The Morgan fingerprint density at radius 2 is 0.479 bits per heavy atom. The lowest BCUT2D eigenvalue weighted by molar-refractivity contribution is -0.161. The summed E-state index contributed by atoms with van der Waals surface area (Å²) in [6.07, 6.45) is 54.3. The first-order chi connectivity index (χ1) is 46.2. The minimum absolute atomic E-state index is 0.106. The summed E-state index contributed by atoms with van der Waals surface area (Å²) in [5.74, 6) is 0.170. The van der Waals surface area contributed by atoms with Gasteiger partial charge in [0.1, 0.15) is 19.3 Å². The molecule has 0 aliphatic carbocycles. The van der Waals surface area contributed by atoms with Gasteiger partial charge in [0.15, 0.2) is 12.2 Å². The maximum Gasteiger partial charge on any atom is 0.472 e. The smallest absolute Gasteiger partial charge is 0.462 e. The van der Waals surface area contributed by atoms with E-state index < -0.39 is 97.5 Å². The van der Waals surface area contributed by atoms with E-state index in [9.17, 15) is 43.2 Å². The normalized spacial score (nSPS) is 14.1. The van der Waals surface area contributed by atoms with Crippen LogP contribution in [0.1, 0.15) is 395 Å². The first kappa shape index (κ1) is 94.1. The Morgan fingerprint density at radius 3 is 0.708 bits per heavy atom. The van der Waals surface area contributed by atoms with E-state index in [0.29, 0.717) is 31.6 Å². The van der Waals surface area contributed by atoms with Gasteiger partial charge in [-0.2, -0.15) is 0 Å². The predicted molar refractivity (Wildman–Crippen MR) is 391 cm³/mol. The van der Waals surface area contributed by atoms with Crippen molar-refractivity contribution in [2.24, 2.45) is 17.8 Å². The Hall–Kier alpha value is -1.94. The molecule has 0 fully saturated rings. The minimum atomic E-state index is -4.96. The highest BCUT2D eigenvalue weighted by atomic mass is 31.2. The third kappa shape index (κ3) is 70.5. The standard InChI is InChI=1S/C77H150O17P2/c1-8-9-10-11-12-13-24-32-37-46-53-60-76(81)94-73(65-88-75(80)59-52-45-40-39-43-50-57-70(6)7)67-92-96(85,86)90-63-71(78)62-89-95(83,84)91-66-72(64-87-74(79)58-51-44-36-31-27-22-19-18-21-26-30-35-42-49-56-69(4)5)93-77(82)61-54-47-38-33-28-23-17-15-14-16-20-25-29-34-41-48-55-68(2)3/h68-73,78H,8-67H2,1-7H3,(H,83,84)(H,85,86)/t71-,72-,73-/m1/s1. The Kier molecular flexibility index (Phi) is 66.2. The molecule has 96 heavy (non-hydrogen) atoms. The molecule has 0 saturated heterocycles. The number of esters is 4. The van der Waals surface area contributed by atoms with E-state index in [1.165, 1.54) is 199 Å². The van der Waals surface area contributed by atoms with Crippen molar-refractivity contribution in [3.8, 4) is 0 Å². The first-order valence-electron chi connectivity index (χ1n) is 39.8. The van der Waals surface area contributed by atoms with Gasteiger partial charge in [-0.25, -0.2) is 9.13 Å². The van der Waals surface area contributed by atoms with Crippen molar-refractivity contribution in [1.82, 2.24) is 0 Å². The van der Waals surface area contributed by atoms with Crippen molar-refractivity contribution in [2.75, 3.05) is 39.6 Å². The molecule has 0 amide bonds. The SMILES string of the molecule is CCCCCCCCCCCCCC(=O)O[C@H](COC(=O)CCCCCCCCC(C)C)COP(=O)(O)OC[C@H](O)COP(=O)(O)OC[C@@H](COC(=O)CCCCCCCCCCCCCCCCC(C)C)OC(=O)CCCCCCCCCCCCCCCCCCC(C)C. The van der Waals surface area contributed by atoms with Crippen LogP contribution < -0.4 is 0 Å². The van der Waals surface area contributed by atoms with Crippen molar-refractivity contribution >= 4 is 39.5 Å². The molecule has 0 saturated carbocycles. The number of carbonyl (C=O) groups excluding carboxylic acids is 4. The van der Waals surface area contributed by atoms with Crippen LogP contribution in [0, 0.1) is 17.8 Å². The Balaban J connectivity index is 5.21. The highest BCUT2D eigenvalue weighted by Gasteiger charge is 2.30. The summed E-state index contributed by atoms with van der Waals surface area (Å²) in [7, 11) is -9.91. The van der Waals surface area contributed by atoms with E-state index in [0.717, 1.165) is 108 Å². The first-order valence-corrected chi connectivity index (χ1v) is 42.8. The lowest BCUT2D eigenvalue weighted by Gasteiger charge is -2.21. The third-order valence-electron chi connectivity index (χ3n) is 17.9. The number of hydrogen-bond acceptors (Lipinski definition) is 15. The molecule has 570 valence electrons. The second kappa shape index (κ2) is 67.5. The molecule has 3 N–H and O–H groups in total. The number of unbranched alkanes of at least 4 members (excludes halogenated alkanes) is 43. The van der Waals surface area contributed by atoms with Crippen LogP contribution in [0.2, 0.25) is 0 Å². The van der Waals surface area contributed by atoms with E-state index in [1.807, 2.05) is 0 Å². The van der Waals surface area contributed by atoms with Gasteiger partial charge in [0.05, 0.1) is 26.4 Å². The average Bonchev–Trinajstić information content (AvgIpc) is 1.17. The monoisotopic (exact) mass is 1410 g/mol. The van der Waals surface area contributed by atoms with Gasteiger partial charge >= 0.3 is 39.5 Å². The molecular weight excluding hydrogens is 1260 g/mol. The minimum Gasteiger partial charge on any atom is -0.462 e. The predicted octanol–water partition coefficient (Wildman–Crippen LogP) is 22.6. The molecule has 0 aliphatic rings. The Morgan fingerprint density at radius 1 is 0.281 bits per heavy atom. The number of carbonyl (C=O) groups is 4. The number of aliphatic hydroxyl groups is 1. The largest absolute Gasteiger partial charge is 0.472 e.